The lowest BCUT2D eigenvalue weighted by atomic mass is 9.92. The quantitative estimate of drug-likeness (QED) is 0.794. The van der Waals surface area contributed by atoms with Gasteiger partial charge < -0.3 is 16.0 Å². The van der Waals surface area contributed by atoms with E-state index in [9.17, 15) is 9.59 Å². The van der Waals surface area contributed by atoms with Crippen molar-refractivity contribution in [3.63, 3.8) is 0 Å². The van der Waals surface area contributed by atoms with Crippen LogP contribution in [0.2, 0.25) is 0 Å². The molecule has 1 aliphatic carbocycles. The Morgan fingerprint density at radius 3 is 2.40 bits per heavy atom. The Morgan fingerprint density at radius 1 is 1.03 bits per heavy atom. The van der Waals surface area contributed by atoms with Gasteiger partial charge in [-0.3, -0.25) is 14.6 Å². The minimum Gasteiger partial charge on any atom is -0.383 e. The second-order valence-corrected chi connectivity index (χ2v) is 8.31. The molecular formula is C23H29N5O2. The number of anilines is 1. The second kappa shape index (κ2) is 9.24. The van der Waals surface area contributed by atoms with Crippen molar-refractivity contribution in [1.29, 1.82) is 0 Å². The molecule has 7 nitrogen and oxygen atoms in total. The van der Waals surface area contributed by atoms with E-state index in [1.165, 1.54) is 12.8 Å². The van der Waals surface area contributed by atoms with E-state index in [1.807, 2.05) is 23.1 Å². The number of nitrogen functional groups attached to an aromatic ring is 1. The second-order valence-electron chi connectivity index (χ2n) is 8.31. The highest BCUT2D eigenvalue weighted by molar-refractivity contribution is 5.98. The summed E-state index contributed by atoms with van der Waals surface area (Å²) < 4.78 is 0. The molecular weight excluding hydrogens is 378 g/mol. The Hall–Kier alpha value is -2.96. The van der Waals surface area contributed by atoms with Gasteiger partial charge in [0.25, 0.3) is 5.91 Å². The summed E-state index contributed by atoms with van der Waals surface area (Å²) in [4.78, 5) is 35.5. The normalized spacial score (nSPS) is 17.8. The highest BCUT2D eigenvalue weighted by atomic mass is 16.2. The molecule has 0 atom stereocenters. The van der Waals surface area contributed by atoms with Crippen molar-refractivity contribution in [3.8, 4) is 0 Å². The molecule has 30 heavy (non-hydrogen) atoms. The van der Waals surface area contributed by atoms with E-state index in [0.29, 0.717) is 30.9 Å². The van der Waals surface area contributed by atoms with Crippen LogP contribution in [0.5, 0.6) is 0 Å². The highest BCUT2D eigenvalue weighted by Gasteiger charge is 2.26. The van der Waals surface area contributed by atoms with Gasteiger partial charge in [-0.25, -0.2) is 4.98 Å². The maximum absolute atomic E-state index is 12.6. The number of carbonyl (C=O) groups is 2. The van der Waals surface area contributed by atoms with Crippen LogP contribution < -0.4 is 11.1 Å². The van der Waals surface area contributed by atoms with Gasteiger partial charge in [0.1, 0.15) is 5.82 Å². The van der Waals surface area contributed by atoms with Gasteiger partial charge in [-0.2, -0.15) is 0 Å². The minimum absolute atomic E-state index is 0.130. The van der Waals surface area contributed by atoms with Crippen LogP contribution in [0, 0.1) is 0 Å². The highest BCUT2D eigenvalue weighted by Crippen LogP contribution is 2.28. The number of nitrogens with one attached hydrogen (secondary N) is 1. The average Bonchev–Trinajstić information content (AvgIpc) is 3.27. The third-order valence-corrected chi connectivity index (χ3v) is 6.25. The molecule has 3 heterocycles. The molecule has 158 valence electrons. The number of nitrogens with zero attached hydrogens (tertiary/aromatic N) is 3. The number of pyridine rings is 2. The van der Waals surface area contributed by atoms with Gasteiger partial charge in [0.15, 0.2) is 0 Å². The third-order valence-electron chi connectivity index (χ3n) is 6.25. The largest absolute Gasteiger partial charge is 0.383 e. The van der Waals surface area contributed by atoms with E-state index in [-0.39, 0.29) is 23.8 Å². The van der Waals surface area contributed by atoms with Crippen LogP contribution in [-0.4, -0.2) is 45.8 Å². The zero-order valence-corrected chi connectivity index (χ0v) is 17.2. The number of piperidine rings is 1. The monoisotopic (exact) mass is 407 g/mol. The van der Waals surface area contributed by atoms with Crippen molar-refractivity contribution < 1.29 is 9.59 Å². The standard InChI is InChI=1S/C23H29N5O2/c24-22-19(23(30)26-18-3-1-2-4-18)5-6-20(27-22)17-9-13-28(14-10-17)21(29)15-16-7-11-25-12-8-16/h5-8,11-12,17-18H,1-4,9-10,13-15H2,(H2,24,27)(H,26,30). The van der Waals surface area contributed by atoms with Crippen LogP contribution in [0.4, 0.5) is 5.82 Å². The molecule has 2 fully saturated rings. The molecule has 2 aliphatic rings. The van der Waals surface area contributed by atoms with Gasteiger partial charge in [-0.1, -0.05) is 12.8 Å². The number of nitrogens with two attached hydrogens (primary N) is 1. The molecule has 2 amide bonds. The molecule has 2 aromatic rings. The van der Waals surface area contributed by atoms with E-state index >= 15 is 0 Å². The first kappa shape index (κ1) is 20.3. The van der Waals surface area contributed by atoms with E-state index in [2.05, 4.69) is 15.3 Å². The Kier molecular flexibility index (Phi) is 6.26. The summed E-state index contributed by atoms with van der Waals surface area (Å²) in [6.45, 7) is 1.42. The molecule has 1 saturated carbocycles. The number of hydrogen-bond donors (Lipinski definition) is 2. The van der Waals surface area contributed by atoms with Crippen molar-refractivity contribution in [3.05, 3.63) is 53.5 Å². The van der Waals surface area contributed by atoms with E-state index in [0.717, 1.165) is 36.9 Å². The van der Waals surface area contributed by atoms with Crippen molar-refractivity contribution in [2.75, 3.05) is 18.8 Å². The first-order valence-electron chi connectivity index (χ1n) is 10.8. The maximum atomic E-state index is 12.6. The number of hydrogen-bond acceptors (Lipinski definition) is 5. The zero-order chi connectivity index (χ0) is 20.9. The zero-order valence-electron chi connectivity index (χ0n) is 17.2. The van der Waals surface area contributed by atoms with Gasteiger partial charge in [0.05, 0.1) is 12.0 Å². The average molecular weight is 408 g/mol. The minimum atomic E-state index is -0.130. The summed E-state index contributed by atoms with van der Waals surface area (Å²) in [5.41, 5.74) is 8.47. The Balaban J connectivity index is 1.32. The Labute approximate surface area is 177 Å². The van der Waals surface area contributed by atoms with Gasteiger partial charge in [-0.05, 0) is 55.5 Å². The summed E-state index contributed by atoms with van der Waals surface area (Å²) in [6.07, 6.45) is 9.94. The molecule has 1 aliphatic heterocycles. The van der Waals surface area contributed by atoms with Crippen LogP contribution in [0.3, 0.4) is 0 Å². The van der Waals surface area contributed by atoms with Crippen molar-refractivity contribution in [1.82, 2.24) is 20.2 Å². The summed E-state index contributed by atoms with van der Waals surface area (Å²) >= 11 is 0. The van der Waals surface area contributed by atoms with Crippen molar-refractivity contribution in [2.45, 2.75) is 56.9 Å². The van der Waals surface area contributed by atoms with Crippen molar-refractivity contribution >= 4 is 17.6 Å². The molecule has 2 aromatic heterocycles. The number of aromatic nitrogens is 2. The fourth-order valence-electron chi connectivity index (χ4n) is 4.46. The molecule has 0 radical (unpaired) electrons. The third kappa shape index (κ3) is 4.78. The SMILES string of the molecule is Nc1nc(C2CCN(C(=O)Cc3ccncc3)CC2)ccc1C(=O)NC1CCCC1. The predicted molar refractivity (Wildman–Crippen MR) is 115 cm³/mol. The molecule has 3 N–H and O–H groups in total. The molecule has 0 spiro atoms. The summed E-state index contributed by atoms with van der Waals surface area (Å²) in [5.74, 6) is 0.560. The molecule has 7 heteroatoms. The fraction of sp³-hybridized carbons (Fsp3) is 0.478. The lowest BCUT2D eigenvalue weighted by Crippen LogP contribution is -2.39. The van der Waals surface area contributed by atoms with Crippen LogP contribution in [0.1, 0.15) is 66.1 Å². The molecule has 4 rings (SSSR count). The van der Waals surface area contributed by atoms with Crippen LogP contribution >= 0.6 is 0 Å². The molecule has 0 aromatic carbocycles. The molecule has 1 saturated heterocycles. The number of likely N-dealkylation sites (tertiary alicyclic amines) is 1. The maximum Gasteiger partial charge on any atom is 0.255 e. The summed E-state index contributed by atoms with van der Waals surface area (Å²) in [5, 5.41) is 3.07. The topological polar surface area (TPSA) is 101 Å². The Morgan fingerprint density at radius 2 is 1.73 bits per heavy atom. The lowest BCUT2D eigenvalue weighted by molar-refractivity contribution is -0.131. The first-order valence-corrected chi connectivity index (χ1v) is 10.8. The van der Waals surface area contributed by atoms with Gasteiger partial charge in [0, 0.05) is 43.1 Å². The summed E-state index contributed by atoms with van der Waals surface area (Å²) in [7, 11) is 0. The van der Waals surface area contributed by atoms with Crippen LogP contribution in [-0.2, 0) is 11.2 Å². The smallest absolute Gasteiger partial charge is 0.255 e. The summed E-state index contributed by atoms with van der Waals surface area (Å²) in [6, 6.07) is 7.72. The molecule has 0 unspecified atom stereocenters. The van der Waals surface area contributed by atoms with E-state index in [1.54, 1.807) is 18.5 Å². The first-order chi connectivity index (χ1) is 14.6. The molecule has 0 bridgehead atoms. The fourth-order valence-corrected chi connectivity index (χ4v) is 4.46. The lowest BCUT2D eigenvalue weighted by Gasteiger charge is -2.32. The van der Waals surface area contributed by atoms with Crippen molar-refractivity contribution in [2.24, 2.45) is 0 Å². The van der Waals surface area contributed by atoms with Gasteiger partial charge in [-0.15, -0.1) is 0 Å². The van der Waals surface area contributed by atoms with Crippen LogP contribution in [0.25, 0.3) is 0 Å². The Bertz CT molecular complexity index is 888. The van der Waals surface area contributed by atoms with E-state index in [4.69, 9.17) is 5.73 Å². The number of amides is 2. The number of rotatable bonds is 5. The van der Waals surface area contributed by atoms with Crippen LogP contribution in [0.15, 0.2) is 36.7 Å². The van der Waals surface area contributed by atoms with Gasteiger partial charge in [0.2, 0.25) is 5.91 Å². The van der Waals surface area contributed by atoms with Gasteiger partial charge >= 0.3 is 0 Å². The van der Waals surface area contributed by atoms with E-state index < -0.39 is 0 Å². The number of carbonyl (C=O) groups excluding carboxylic acids is 2. The predicted octanol–water partition coefficient (Wildman–Crippen LogP) is 2.68.